The van der Waals surface area contributed by atoms with Gasteiger partial charge in [-0.2, -0.15) is 0 Å². The quantitative estimate of drug-likeness (QED) is 0.695. The average molecular weight is 362 g/mol. The molecule has 2 aliphatic rings. The Morgan fingerprint density at radius 2 is 1.88 bits per heavy atom. The molecule has 1 aromatic rings. The summed E-state index contributed by atoms with van der Waals surface area (Å²) in [6, 6.07) is 4.90. The summed E-state index contributed by atoms with van der Waals surface area (Å²) >= 11 is 0. The number of nitrogens with zero attached hydrogens (tertiary/aromatic N) is 1. The molecule has 1 aliphatic heterocycles. The third-order valence-electron chi connectivity index (χ3n) is 5.14. The van der Waals surface area contributed by atoms with Gasteiger partial charge in [-0.1, -0.05) is 12.1 Å². The van der Waals surface area contributed by atoms with Gasteiger partial charge in [0.1, 0.15) is 17.9 Å². The molecular formula is C18H23FN4O3. The van der Waals surface area contributed by atoms with Crippen LogP contribution in [0.1, 0.15) is 38.2 Å². The Bertz CT molecular complexity index is 716. The van der Waals surface area contributed by atoms with E-state index in [1.54, 1.807) is 6.92 Å². The number of carbonyl (C=O) groups excluding carboxylic acids is 3. The second kappa shape index (κ2) is 7.03. The highest BCUT2D eigenvalue weighted by Crippen LogP contribution is 2.28. The Balaban J connectivity index is 1.65. The molecule has 0 bridgehead atoms. The molecule has 1 saturated heterocycles. The third kappa shape index (κ3) is 3.55. The summed E-state index contributed by atoms with van der Waals surface area (Å²) in [6.45, 7) is 1.20. The Morgan fingerprint density at radius 3 is 2.50 bits per heavy atom. The molecule has 1 atom stereocenters. The first kappa shape index (κ1) is 18.3. The minimum Gasteiger partial charge on any atom is -0.352 e. The van der Waals surface area contributed by atoms with E-state index >= 15 is 0 Å². The number of benzene rings is 1. The molecule has 3 rings (SSSR count). The topological polar surface area (TPSA) is 105 Å². The Morgan fingerprint density at radius 1 is 1.27 bits per heavy atom. The van der Waals surface area contributed by atoms with Crippen LogP contribution < -0.4 is 16.4 Å². The molecule has 4 amide bonds. The van der Waals surface area contributed by atoms with Crippen molar-refractivity contribution in [1.29, 1.82) is 0 Å². The molecule has 8 heteroatoms. The zero-order valence-electron chi connectivity index (χ0n) is 14.6. The maximum Gasteiger partial charge on any atom is 0.325 e. The van der Waals surface area contributed by atoms with Gasteiger partial charge in [0.05, 0.1) is 0 Å². The molecule has 1 heterocycles. The molecule has 1 saturated carbocycles. The van der Waals surface area contributed by atoms with Crippen LogP contribution in [0.4, 0.5) is 9.18 Å². The van der Waals surface area contributed by atoms with E-state index < -0.39 is 23.3 Å². The number of carbonyl (C=O) groups is 3. The number of urea groups is 1. The summed E-state index contributed by atoms with van der Waals surface area (Å²) in [7, 11) is 0. The molecule has 1 aromatic carbocycles. The normalized spacial score (nSPS) is 28.8. The average Bonchev–Trinajstić information content (AvgIpc) is 2.82. The summed E-state index contributed by atoms with van der Waals surface area (Å²) in [5.41, 5.74) is 4.99. The summed E-state index contributed by atoms with van der Waals surface area (Å²) in [5.74, 6) is -1.34. The first-order valence-electron chi connectivity index (χ1n) is 8.74. The van der Waals surface area contributed by atoms with Crippen LogP contribution in [-0.4, -0.2) is 41.4 Å². The van der Waals surface area contributed by atoms with Crippen LogP contribution >= 0.6 is 0 Å². The first-order chi connectivity index (χ1) is 12.3. The lowest BCUT2D eigenvalue weighted by Gasteiger charge is -2.27. The second-order valence-electron chi connectivity index (χ2n) is 7.13. The van der Waals surface area contributed by atoms with Crippen LogP contribution in [0.15, 0.2) is 24.3 Å². The fourth-order valence-corrected chi connectivity index (χ4v) is 3.50. The molecular weight excluding hydrogens is 339 g/mol. The minimum absolute atomic E-state index is 0.0200. The lowest BCUT2D eigenvalue weighted by molar-refractivity contribution is -0.135. The van der Waals surface area contributed by atoms with Gasteiger partial charge in [-0.15, -0.1) is 0 Å². The number of hydrogen-bond acceptors (Lipinski definition) is 4. The summed E-state index contributed by atoms with van der Waals surface area (Å²) < 4.78 is 13.1. The highest BCUT2D eigenvalue weighted by molar-refractivity contribution is 6.09. The smallest absolute Gasteiger partial charge is 0.325 e. The standard InChI is InChI=1S/C18H23FN4O3/c1-18(11-2-4-12(19)5-3-11)16(25)23(17(26)22-18)10-15(24)21-14-8-6-13(20)7-9-14/h2-5,13-14H,6-10,20H2,1H3,(H,21,24)(H,22,26). The largest absolute Gasteiger partial charge is 0.352 e. The Hall–Kier alpha value is -2.48. The lowest BCUT2D eigenvalue weighted by Crippen LogP contribution is -2.47. The molecule has 2 fully saturated rings. The lowest BCUT2D eigenvalue weighted by atomic mass is 9.91. The van der Waals surface area contributed by atoms with Gasteiger partial charge >= 0.3 is 6.03 Å². The van der Waals surface area contributed by atoms with E-state index in [0.717, 1.165) is 30.6 Å². The molecule has 7 nitrogen and oxygen atoms in total. The SMILES string of the molecule is CC1(c2ccc(F)cc2)NC(=O)N(CC(=O)NC2CCC(N)CC2)C1=O. The van der Waals surface area contributed by atoms with Crippen LogP contribution in [0.25, 0.3) is 0 Å². The van der Waals surface area contributed by atoms with E-state index in [9.17, 15) is 18.8 Å². The number of nitrogens with two attached hydrogens (primary N) is 1. The number of nitrogens with one attached hydrogen (secondary N) is 2. The fraction of sp³-hybridized carbons (Fsp3) is 0.500. The second-order valence-corrected chi connectivity index (χ2v) is 7.13. The van der Waals surface area contributed by atoms with Crippen molar-refractivity contribution in [2.45, 2.75) is 50.2 Å². The Kier molecular flexibility index (Phi) is 4.95. The maximum atomic E-state index is 13.1. The molecule has 0 aromatic heterocycles. The summed E-state index contributed by atoms with van der Waals surface area (Å²) in [4.78, 5) is 38.1. The van der Waals surface area contributed by atoms with Crippen molar-refractivity contribution in [1.82, 2.24) is 15.5 Å². The summed E-state index contributed by atoms with van der Waals surface area (Å²) in [6.07, 6.45) is 3.27. The van der Waals surface area contributed by atoms with E-state index in [2.05, 4.69) is 10.6 Å². The predicted molar refractivity (Wildman–Crippen MR) is 92.4 cm³/mol. The highest BCUT2D eigenvalue weighted by atomic mass is 19.1. The van der Waals surface area contributed by atoms with Gasteiger partial charge in [-0.05, 0) is 50.3 Å². The van der Waals surface area contributed by atoms with Crippen LogP contribution in [0.3, 0.4) is 0 Å². The first-order valence-corrected chi connectivity index (χ1v) is 8.74. The number of halogens is 1. The monoisotopic (exact) mass is 362 g/mol. The zero-order valence-corrected chi connectivity index (χ0v) is 14.6. The van der Waals surface area contributed by atoms with Gasteiger partial charge in [0.25, 0.3) is 5.91 Å². The molecule has 1 unspecified atom stereocenters. The van der Waals surface area contributed by atoms with Crippen LogP contribution in [0.5, 0.6) is 0 Å². The Labute approximate surface area is 151 Å². The van der Waals surface area contributed by atoms with Gasteiger partial charge in [-0.3, -0.25) is 14.5 Å². The van der Waals surface area contributed by atoms with E-state index in [1.807, 2.05) is 0 Å². The van der Waals surface area contributed by atoms with Gasteiger partial charge < -0.3 is 16.4 Å². The number of imide groups is 1. The van der Waals surface area contributed by atoms with E-state index in [-0.39, 0.29) is 24.5 Å². The molecule has 140 valence electrons. The van der Waals surface area contributed by atoms with Crippen LogP contribution in [0, 0.1) is 5.82 Å². The molecule has 4 N–H and O–H groups in total. The third-order valence-corrected chi connectivity index (χ3v) is 5.14. The van der Waals surface area contributed by atoms with Gasteiger partial charge in [0, 0.05) is 12.1 Å². The maximum absolute atomic E-state index is 13.1. The zero-order chi connectivity index (χ0) is 18.9. The van der Waals surface area contributed by atoms with Gasteiger partial charge in [0.2, 0.25) is 5.91 Å². The van der Waals surface area contributed by atoms with Crippen LogP contribution in [0.2, 0.25) is 0 Å². The highest BCUT2D eigenvalue weighted by Gasteiger charge is 2.49. The molecule has 0 spiro atoms. The molecule has 1 aliphatic carbocycles. The van der Waals surface area contributed by atoms with Crippen molar-refractivity contribution in [3.05, 3.63) is 35.6 Å². The predicted octanol–water partition coefficient (Wildman–Crippen LogP) is 0.979. The van der Waals surface area contributed by atoms with Gasteiger partial charge in [-0.25, -0.2) is 9.18 Å². The van der Waals surface area contributed by atoms with Crippen molar-refractivity contribution in [3.63, 3.8) is 0 Å². The van der Waals surface area contributed by atoms with Gasteiger partial charge in [0.15, 0.2) is 0 Å². The van der Waals surface area contributed by atoms with Crippen LogP contribution in [-0.2, 0) is 15.1 Å². The summed E-state index contributed by atoms with van der Waals surface area (Å²) in [5, 5.41) is 5.46. The van der Waals surface area contributed by atoms with E-state index in [1.165, 1.54) is 24.3 Å². The molecule has 26 heavy (non-hydrogen) atoms. The van der Waals surface area contributed by atoms with E-state index in [4.69, 9.17) is 5.73 Å². The fourth-order valence-electron chi connectivity index (χ4n) is 3.50. The number of rotatable bonds is 4. The number of amides is 4. The van der Waals surface area contributed by atoms with Crippen molar-refractivity contribution in [2.75, 3.05) is 6.54 Å². The van der Waals surface area contributed by atoms with E-state index in [0.29, 0.717) is 5.56 Å². The molecule has 0 radical (unpaired) electrons. The minimum atomic E-state index is -1.32. The van der Waals surface area contributed by atoms with Crippen molar-refractivity contribution >= 4 is 17.8 Å². The number of hydrogen-bond donors (Lipinski definition) is 3. The van der Waals surface area contributed by atoms with Crippen molar-refractivity contribution < 1.29 is 18.8 Å². The van der Waals surface area contributed by atoms with Crippen molar-refractivity contribution in [3.8, 4) is 0 Å². The van der Waals surface area contributed by atoms with Crippen molar-refractivity contribution in [2.24, 2.45) is 5.73 Å².